The molecule has 1 fully saturated rings. The molecule has 2 aliphatic rings. The third-order valence-electron chi connectivity index (χ3n) is 7.16. The summed E-state index contributed by atoms with van der Waals surface area (Å²) in [4.78, 5) is 14.7. The molecule has 5 rings (SSSR count). The highest BCUT2D eigenvalue weighted by molar-refractivity contribution is 6.15. The van der Waals surface area contributed by atoms with Crippen molar-refractivity contribution < 1.29 is 14.1 Å². The molecule has 0 aliphatic heterocycles. The van der Waals surface area contributed by atoms with Gasteiger partial charge in [0, 0.05) is 28.1 Å². The number of hydrogen-bond donors (Lipinski definition) is 2. The van der Waals surface area contributed by atoms with Crippen molar-refractivity contribution in [2.45, 2.75) is 77.5 Å². The number of ether oxygens (including phenoxy) is 1. The molecule has 0 bridgehead atoms. The molecule has 0 radical (unpaired) electrons. The lowest BCUT2D eigenvalue weighted by atomic mass is 9.70. The van der Waals surface area contributed by atoms with Gasteiger partial charge in [-0.25, -0.2) is 9.97 Å². The van der Waals surface area contributed by atoms with Crippen molar-refractivity contribution in [1.29, 1.82) is 0 Å². The van der Waals surface area contributed by atoms with Gasteiger partial charge >= 0.3 is 0 Å². The van der Waals surface area contributed by atoms with Gasteiger partial charge in [0.25, 0.3) is 0 Å². The van der Waals surface area contributed by atoms with Crippen molar-refractivity contribution in [3.63, 3.8) is 0 Å². The summed E-state index contributed by atoms with van der Waals surface area (Å²) >= 11 is 0. The average Bonchev–Trinajstić information content (AvgIpc) is 3.14. The number of anilines is 1. The van der Waals surface area contributed by atoms with E-state index in [0.717, 1.165) is 76.5 Å². The van der Waals surface area contributed by atoms with E-state index in [1.54, 1.807) is 0 Å². The summed E-state index contributed by atoms with van der Waals surface area (Å²) in [6, 6.07) is 6.30. The molecule has 1 saturated carbocycles. The molecule has 0 amide bonds. The van der Waals surface area contributed by atoms with E-state index in [9.17, 15) is 0 Å². The third kappa shape index (κ3) is 4.25. The van der Waals surface area contributed by atoms with Crippen molar-refractivity contribution >= 4 is 11.5 Å². The van der Waals surface area contributed by atoms with Crippen LogP contribution in [-0.4, -0.2) is 33.0 Å². The maximum atomic E-state index is 6.36. The normalized spacial score (nSPS) is 21.9. The number of benzene rings is 1. The van der Waals surface area contributed by atoms with E-state index >= 15 is 0 Å². The SMILES string of the molecule is Cc1noc(C)c1CO/N=C1\c2cc(OC3CCC(N)CC3)ccc2-c2ncnc(N)c2C1(C)C. The highest BCUT2D eigenvalue weighted by atomic mass is 16.6. The van der Waals surface area contributed by atoms with Crippen LogP contribution in [0.3, 0.4) is 0 Å². The van der Waals surface area contributed by atoms with Gasteiger partial charge in [-0.3, -0.25) is 0 Å². The van der Waals surface area contributed by atoms with Crippen LogP contribution in [0.2, 0.25) is 0 Å². The van der Waals surface area contributed by atoms with E-state index in [-0.39, 0.29) is 18.8 Å². The second-order valence-electron chi connectivity index (χ2n) is 9.99. The molecule has 35 heavy (non-hydrogen) atoms. The lowest BCUT2D eigenvalue weighted by Crippen LogP contribution is -2.36. The Kier molecular flexibility index (Phi) is 5.96. The summed E-state index contributed by atoms with van der Waals surface area (Å²) in [5, 5.41) is 8.63. The lowest BCUT2D eigenvalue weighted by molar-refractivity contribution is 0.127. The first kappa shape index (κ1) is 23.3. The topological polar surface area (TPSA) is 135 Å². The molecule has 0 atom stereocenters. The minimum absolute atomic E-state index is 0.158. The highest BCUT2D eigenvalue weighted by Gasteiger charge is 2.41. The number of nitrogen functional groups attached to an aromatic ring is 1. The zero-order valence-electron chi connectivity index (χ0n) is 20.7. The molecule has 2 aliphatic carbocycles. The zero-order valence-corrected chi connectivity index (χ0v) is 20.7. The van der Waals surface area contributed by atoms with Crippen LogP contribution < -0.4 is 16.2 Å². The van der Waals surface area contributed by atoms with Gasteiger partial charge in [-0.05, 0) is 71.6 Å². The first-order valence-corrected chi connectivity index (χ1v) is 12.1. The maximum Gasteiger partial charge on any atom is 0.147 e. The number of fused-ring (bicyclic) bond motifs is 3. The van der Waals surface area contributed by atoms with Crippen LogP contribution in [0.4, 0.5) is 5.82 Å². The van der Waals surface area contributed by atoms with Crippen molar-refractivity contribution in [2.24, 2.45) is 10.9 Å². The fraction of sp³-hybridized carbons (Fsp3) is 0.462. The standard InChI is InChI=1S/C26H32N6O3/c1-14-21(15(2)35-31-14)12-33-32-24-20-11-18(34-17-7-5-16(27)6-8-17)9-10-19(20)23-22(26(24,3)4)25(28)30-13-29-23/h9-11,13,16-17H,5-8,12,27H2,1-4H3,(H2,28,29,30)/b32-24+. The molecule has 0 unspecified atom stereocenters. The Morgan fingerprint density at radius 2 is 1.89 bits per heavy atom. The summed E-state index contributed by atoms with van der Waals surface area (Å²) in [5.74, 6) is 1.95. The van der Waals surface area contributed by atoms with E-state index in [4.69, 9.17) is 25.6 Å². The molecule has 2 heterocycles. The van der Waals surface area contributed by atoms with Crippen LogP contribution in [0.15, 0.2) is 34.2 Å². The van der Waals surface area contributed by atoms with Crippen LogP contribution in [0, 0.1) is 13.8 Å². The summed E-state index contributed by atoms with van der Waals surface area (Å²) < 4.78 is 11.6. The van der Waals surface area contributed by atoms with Crippen molar-refractivity contribution in [1.82, 2.24) is 15.1 Å². The predicted octanol–water partition coefficient (Wildman–Crippen LogP) is 4.19. The predicted molar refractivity (Wildman–Crippen MR) is 133 cm³/mol. The Morgan fingerprint density at radius 1 is 1.11 bits per heavy atom. The molecule has 3 aromatic rings. The smallest absolute Gasteiger partial charge is 0.147 e. The van der Waals surface area contributed by atoms with Crippen molar-refractivity contribution in [3.05, 3.63) is 52.7 Å². The minimum Gasteiger partial charge on any atom is -0.490 e. The van der Waals surface area contributed by atoms with E-state index in [0.29, 0.717) is 5.82 Å². The van der Waals surface area contributed by atoms with Gasteiger partial charge in [-0.1, -0.05) is 10.3 Å². The number of hydrogen-bond acceptors (Lipinski definition) is 9. The van der Waals surface area contributed by atoms with E-state index in [1.807, 2.05) is 32.0 Å². The average molecular weight is 477 g/mol. The van der Waals surface area contributed by atoms with Gasteiger partial charge in [0.1, 0.15) is 30.3 Å². The second-order valence-corrected chi connectivity index (χ2v) is 9.99. The molecular weight excluding hydrogens is 444 g/mol. The summed E-state index contributed by atoms with van der Waals surface area (Å²) in [5.41, 5.74) is 17.7. The fourth-order valence-electron chi connectivity index (χ4n) is 5.11. The highest BCUT2D eigenvalue weighted by Crippen LogP contribution is 2.45. The number of aromatic nitrogens is 3. The molecule has 0 spiro atoms. The quantitative estimate of drug-likeness (QED) is 0.523. The molecule has 1 aromatic carbocycles. The largest absolute Gasteiger partial charge is 0.490 e. The Labute approximate surface area is 204 Å². The molecular formula is C26H32N6O3. The Balaban J connectivity index is 1.53. The maximum absolute atomic E-state index is 6.36. The molecule has 9 nitrogen and oxygen atoms in total. The number of oxime groups is 1. The van der Waals surface area contributed by atoms with Gasteiger partial charge in [-0.2, -0.15) is 0 Å². The van der Waals surface area contributed by atoms with E-state index in [2.05, 4.69) is 34.1 Å². The van der Waals surface area contributed by atoms with Crippen LogP contribution in [0.25, 0.3) is 11.3 Å². The fourth-order valence-corrected chi connectivity index (χ4v) is 5.11. The van der Waals surface area contributed by atoms with Crippen LogP contribution >= 0.6 is 0 Å². The summed E-state index contributed by atoms with van der Waals surface area (Å²) in [6.07, 6.45) is 5.53. The summed E-state index contributed by atoms with van der Waals surface area (Å²) in [6.45, 7) is 8.12. The van der Waals surface area contributed by atoms with Gasteiger partial charge < -0.3 is 25.6 Å². The van der Waals surface area contributed by atoms with Crippen LogP contribution in [0.5, 0.6) is 5.75 Å². The first-order valence-electron chi connectivity index (χ1n) is 12.1. The van der Waals surface area contributed by atoms with E-state index in [1.165, 1.54) is 6.33 Å². The van der Waals surface area contributed by atoms with Crippen LogP contribution in [-0.2, 0) is 16.9 Å². The molecule has 9 heteroatoms. The van der Waals surface area contributed by atoms with Crippen LogP contribution in [0.1, 0.15) is 67.7 Å². The Hall–Kier alpha value is -3.46. The van der Waals surface area contributed by atoms with E-state index < -0.39 is 5.41 Å². The molecule has 2 aromatic heterocycles. The Bertz CT molecular complexity index is 1250. The molecule has 0 saturated heterocycles. The number of nitrogens with two attached hydrogens (primary N) is 2. The minimum atomic E-state index is -0.595. The number of rotatable bonds is 5. The van der Waals surface area contributed by atoms with Gasteiger partial charge in [0.05, 0.1) is 28.8 Å². The first-order chi connectivity index (χ1) is 16.8. The van der Waals surface area contributed by atoms with Gasteiger partial charge in [0.15, 0.2) is 0 Å². The second kappa shape index (κ2) is 8.96. The monoisotopic (exact) mass is 476 g/mol. The van der Waals surface area contributed by atoms with Gasteiger partial charge in [-0.15, -0.1) is 0 Å². The van der Waals surface area contributed by atoms with Gasteiger partial charge in [0.2, 0.25) is 0 Å². The number of nitrogens with zero attached hydrogens (tertiary/aromatic N) is 4. The number of aryl methyl sites for hydroxylation is 2. The third-order valence-corrected chi connectivity index (χ3v) is 7.16. The van der Waals surface area contributed by atoms with Crippen molar-refractivity contribution in [3.8, 4) is 17.0 Å². The molecule has 4 N–H and O–H groups in total. The molecule has 184 valence electrons. The Morgan fingerprint density at radius 3 is 2.60 bits per heavy atom. The van der Waals surface area contributed by atoms with Crippen molar-refractivity contribution in [2.75, 3.05) is 5.73 Å². The zero-order chi connectivity index (χ0) is 24.7. The lowest BCUT2D eigenvalue weighted by Gasteiger charge is -2.35. The summed E-state index contributed by atoms with van der Waals surface area (Å²) in [7, 11) is 0.